The summed E-state index contributed by atoms with van der Waals surface area (Å²) in [6.07, 6.45) is 0. The molecule has 3 aromatic carbocycles. The van der Waals surface area contributed by atoms with E-state index in [0.717, 1.165) is 33.2 Å². The Labute approximate surface area is 216 Å². The average Bonchev–Trinajstić information content (AvgIpc) is 3.26. The summed E-state index contributed by atoms with van der Waals surface area (Å²) in [4.78, 5) is 16.3. The highest BCUT2D eigenvalue weighted by atomic mass is 32.2. The molecule has 0 saturated heterocycles. The van der Waals surface area contributed by atoms with Gasteiger partial charge in [0.05, 0.1) is 4.90 Å². The summed E-state index contributed by atoms with van der Waals surface area (Å²) < 4.78 is 40.6. The molecule has 1 aromatic heterocycles. The molecule has 0 atom stereocenters. The van der Waals surface area contributed by atoms with Gasteiger partial charge in [-0.15, -0.1) is 0 Å². The number of hydrogen-bond donors (Lipinski definition) is 1. The van der Waals surface area contributed by atoms with Crippen LogP contribution in [0.15, 0.2) is 58.2 Å². The van der Waals surface area contributed by atoms with Crippen molar-refractivity contribution in [3.8, 4) is 11.5 Å². The molecule has 1 aliphatic heterocycles. The van der Waals surface area contributed by atoms with Crippen LogP contribution < -0.4 is 15.0 Å². The number of nitrogens with zero attached hydrogens (tertiary/aromatic N) is 1. The number of benzene rings is 3. The smallest absolute Gasteiger partial charge is 0.252 e. The van der Waals surface area contributed by atoms with Crippen LogP contribution in [0.25, 0.3) is 10.9 Å². The third-order valence-corrected chi connectivity index (χ3v) is 8.83. The van der Waals surface area contributed by atoms with Crippen molar-refractivity contribution in [1.82, 2.24) is 9.29 Å². The van der Waals surface area contributed by atoms with Crippen LogP contribution in [0.5, 0.6) is 11.5 Å². The second-order valence-electron chi connectivity index (χ2n) is 9.86. The number of nitrogens with one attached hydrogen (secondary N) is 1. The fourth-order valence-corrected chi connectivity index (χ4v) is 7.01. The first-order chi connectivity index (χ1) is 17.5. The SMILES string of the molecule is Cc1cc(C)c(S(=O)(=O)N(Cc2ccc3c(c2)OCO3)Cc2cc3c(C)cc(C)cc3[nH]c2=O)c(C)c1. The van der Waals surface area contributed by atoms with Gasteiger partial charge in [-0.05, 0) is 86.7 Å². The molecule has 4 aromatic rings. The van der Waals surface area contributed by atoms with E-state index in [1.165, 1.54) is 4.31 Å². The number of pyridine rings is 1. The van der Waals surface area contributed by atoms with Crippen LogP contribution in [0.2, 0.25) is 0 Å². The molecule has 0 saturated carbocycles. The molecule has 2 heterocycles. The third kappa shape index (κ3) is 4.74. The van der Waals surface area contributed by atoms with Crippen LogP contribution >= 0.6 is 0 Å². The number of aryl methyl sites for hydroxylation is 5. The van der Waals surface area contributed by atoms with Gasteiger partial charge in [-0.2, -0.15) is 4.31 Å². The predicted octanol–water partition coefficient (Wildman–Crippen LogP) is 5.19. The van der Waals surface area contributed by atoms with Gasteiger partial charge in [0, 0.05) is 29.6 Å². The largest absolute Gasteiger partial charge is 0.454 e. The molecular weight excluding hydrogens is 488 g/mol. The Morgan fingerprint density at radius 3 is 2.19 bits per heavy atom. The first-order valence-electron chi connectivity index (χ1n) is 12.1. The summed E-state index contributed by atoms with van der Waals surface area (Å²) in [6, 6.07) is 14.9. The summed E-state index contributed by atoms with van der Waals surface area (Å²) in [5.74, 6) is 1.20. The van der Waals surface area contributed by atoms with Gasteiger partial charge in [0.1, 0.15) is 0 Å². The number of rotatable bonds is 6. The zero-order valence-corrected chi connectivity index (χ0v) is 22.5. The molecule has 0 fully saturated rings. The Bertz CT molecular complexity index is 1680. The van der Waals surface area contributed by atoms with E-state index in [1.54, 1.807) is 32.0 Å². The van der Waals surface area contributed by atoms with Gasteiger partial charge < -0.3 is 14.5 Å². The molecule has 0 bridgehead atoms. The van der Waals surface area contributed by atoms with E-state index in [2.05, 4.69) is 4.98 Å². The van der Waals surface area contributed by atoms with E-state index < -0.39 is 10.0 Å². The quantitative estimate of drug-likeness (QED) is 0.380. The molecule has 37 heavy (non-hydrogen) atoms. The number of aromatic nitrogens is 1. The molecule has 0 aliphatic carbocycles. The lowest BCUT2D eigenvalue weighted by Crippen LogP contribution is -2.33. The molecule has 0 amide bonds. The van der Waals surface area contributed by atoms with Gasteiger partial charge in [0.2, 0.25) is 16.8 Å². The fraction of sp³-hybridized carbons (Fsp3) is 0.276. The third-order valence-electron chi connectivity index (χ3n) is 6.73. The maximum absolute atomic E-state index is 14.2. The minimum Gasteiger partial charge on any atom is -0.454 e. The van der Waals surface area contributed by atoms with E-state index in [-0.39, 0.29) is 30.3 Å². The summed E-state index contributed by atoms with van der Waals surface area (Å²) in [6.45, 7) is 9.63. The van der Waals surface area contributed by atoms with Crippen molar-refractivity contribution in [2.45, 2.75) is 52.6 Å². The van der Waals surface area contributed by atoms with Crippen molar-refractivity contribution in [1.29, 1.82) is 0 Å². The van der Waals surface area contributed by atoms with E-state index in [0.29, 0.717) is 28.2 Å². The van der Waals surface area contributed by atoms with Gasteiger partial charge in [0.25, 0.3) is 5.56 Å². The Hall–Kier alpha value is -3.62. The highest BCUT2D eigenvalue weighted by Crippen LogP contribution is 2.34. The van der Waals surface area contributed by atoms with Crippen LogP contribution in [-0.2, 0) is 23.1 Å². The van der Waals surface area contributed by atoms with Gasteiger partial charge in [0.15, 0.2) is 11.5 Å². The zero-order chi connectivity index (χ0) is 26.5. The standard InChI is InChI=1S/C29H30N2O5S/c1-17-9-20(4)28(21(5)10-17)37(33,34)31(14-22-6-7-26-27(12-22)36-16-35-26)15-23-13-24-19(3)8-18(2)11-25(24)30-29(23)32/h6-13H,14-16H2,1-5H3,(H,30,32). The number of sulfonamides is 1. The molecule has 7 nitrogen and oxygen atoms in total. The average molecular weight is 519 g/mol. The molecular formula is C29H30N2O5S. The molecule has 5 rings (SSSR count). The number of ether oxygens (including phenoxy) is 2. The first-order valence-corrected chi connectivity index (χ1v) is 13.6. The van der Waals surface area contributed by atoms with E-state index in [4.69, 9.17) is 9.47 Å². The highest BCUT2D eigenvalue weighted by Gasteiger charge is 2.30. The highest BCUT2D eigenvalue weighted by molar-refractivity contribution is 7.89. The van der Waals surface area contributed by atoms with E-state index in [1.807, 2.05) is 51.1 Å². The van der Waals surface area contributed by atoms with Crippen LogP contribution in [-0.4, -0.2) is 24.5 Å². The lowest BCUT2D eigenvalue weighted by atomic mass is 10.0. The van der Waals surface area contributed by atoms with Crippen molar-refractivity contribution in [3.63, 3.8) is 0 Å². The number of hydrogen-bond acceptors (Lipinski definition) is 5. The Morgan fingerprint density at radius 2 is 1.46 bits per heavy atom. The van der Waals surface area contributed by atoms with E-state index >= 15 is 0 Å². The molecule has 0 unspecified atom stereocenters. The van der Waals surface area contributed by atoms with E-state index in [9.17, 15) is 13.2 Å². The first kappa shape index (κ1) is 25.0. The summed E-state index contributed by atoms with van der Waals surface area (Å²) in [5.41, 5.74) is 5.95. The number of H-pyrrole nitrogens is 1. The Kier molecular flexibility index (Phi) is 6.33. The van der Waals surface area contributed by atoms with Gasteiger partial charge in [-0.25, -0.2) is 8.42 Å². The number of fused-ring (bicyclic) bond motifs is 2. The second-order valence-corrected chi connectivity index (χ2v) is 11.7. The zero-order valence-electron chi connectivity index (χ0n) is 21.6. The van der Waals surface area contributed by atoms with Crippen LogP contribution in [0.4, 0.5) is 0 Å². The van der Waals surface area contributed by atoms with Crippen molar-refractivity contribution in [2.24, 2.45) is 0 Å². The van der Waals surface area contributed by atoms with Crippen molar-refractivity contribution in [2.75, 3.05) is 6.79 Å². The molecule has 0 spiro atoms. The second kappa shape index (κ2) is 9.36. The normalized spacial score (nSPS) is 13.0. The monoisotopic (exact) mass is 518 g/mol. The van der Waals surface area contributed by atoms with Crippen molar-refractivity contribution < 1.29 is 17.9 Å². The summed E-state index contributed by atoms with van der Waals surface area (Å²) >= 11 is 0. The Balaban J connectivity index is 1.62. The van der Waals surface area contributed by atoms with Crippen molar-refractivity contribution >= 4 is 20.9 Å². The van der Waals surface area contributed by atoms with Crippen LogP contribution in [0.3, 0.4) is 0 Å². The maximum Gasteiger partial charge on any atom is 0.252 e. The van der Waals surface area contributed by atoms with Crippen molar-refractivity contribution in [3.05, 3.63) is 97.8 Å². The summed E-state index contributed by atoms with van der Waals surface area (Å²) in [7, 11) is -3.97. The lowest BCUT2D eigenvalue weighted by Gasteiger charge is -2.25. The molecule has 1 aliphatic rings. The minimum absolute atomic E-state index is 0.0656. The molecule has 192 valence electrons. The molecule has 8 heteroatoms. The number of aromatic amines is 1. The summed E-state index contributed by atoms with van der Waals surface area (Å²) in [5, 5.41) is 0.892. The molecule has 0 radical (unpaired) electrons. The lowest BCUT2D eigenvalue weighted by molar-refractivity contribution is 0.174. The van der Waals surface area contributed by atoms with Crippen LogP contribution in [0, 0.1) is 34.6 Å². The van der Waals surface area contributed by atoms with Gasteiger partial charge in [-0.1, -0.05) is 29.8 Å². The van der Waals surface area contributed by atoms with Crippen LogP contribution in [0.1, 0.15) is 38.9 Å². The predicted molar refractivity (Wildman–Crippen MR) is 144 cm³/mol. The topological polar surface area (TPSA) is 88.7 Å². The Morgan fingerprint density at radius 1 is 0.811 bits per heavy atom. The fourth-order valence-electron chi connectivity index (χ4n) is 5.20. The maximum atomic E-state index is 14.2. The van der Waals surface area contributed by atoms with Gasteiger partial charge >= 0.3 is 0 Å². The minimum atomic E-state index is -3.97. The van der Waals surface area contributed by atoms with Gasteiger partial charge in [-0.3, -0.25) is 4.79 Å². The molecule has 1 N–H and O–H groups in total.